The molecule has 0 aromatic carbocycles. The first-order valence-corrected chi connectivity index (χ1v) is 7.33. The molecule has 3 nitrogen and oxygen atoms in total. The van der Waals surface area contributed by atoms with Crippen LogP contribution in [-0.2, 0) is 11.2 Å². The third-order valence-electron chi connectivity index (χ3n) is 1.20. The molecule has 0 aliphatic carbocycles. The molecule has 0 N–H and O–H groups in total. The summed E-state index contributed by atoms with van der Waals surface area (Å²) in [6, 6.07) is 0. The summed E-state index contributed by atoms with van der Waals surface area (Å²) in [6.07, 6.45) is 3.07. The summed E-state index contributed by atoms with van der Waals surface area (Å²) in [5, 5.41) is 0. The van der Waals surface area contributed by atoms with E-state index in [4.69, 9.17) is 11.2 Å². The standard InChI is InChI=1S/C9H21AsO3/c1-4-7-11-10(12-8-5-2)13-9-6-3/h4-9H2,1-3H3. The van der Waals surface area contributed by atoms with Gasteiger partial charge in [0.05, 0.1) is 0 Å². The van der Waals surface area contributed by atoms with Gasteiger partial charge in [0.2, 0.25) is 0 Å². The van der Waals surface area contributed by atoms with Crippen LogP contribution in [0.1, 0.15) is 40.0 Å². The molecule has 0 fully saturated rings. The Labute approximate surface area is 87.1 Å². The van der Waals surface area contributed by atoms with Gasteiger partial charge in [-0.3, -0.25) is 0 Å². The van der Waals surface area contributed by atoms with Crippen LogP contribution in [0.3, 0.4) is 0 Å². The van der Waals surface area contributed by atoms with Gasteiger partial charge in [0.1, 0.15) is 0 Å². The fourth-order valence-electron chi connectivity index (χ4n) is 0.609. The predicted molar refractivity (Wildman–Crippen MR) is 54.5 cm³/mol. The summed E-state index contributed by atoms with van der Waals surface area (Å²) in [7, 11) is 0. The van der Waals surface area contributed by atoms with E-state index in [0.717, 1.165) is 39.1 Å². The van der Waals surface area contributed by atoms with Crippen molar-refractivity contribution in [3.8, 4) is 0 Å². The summed E-state index contributed by atoms with van der Waals surface area (Å²) in [5.41, 5.74) is 0. The van der Waals surface area contributed by atoms with Crippen molar-refractivity contribution < 1.29 is 11.2 Å². The Morgan fingerprint density at radius 3 is 1.23 bits per heavy atom. The van der Waals surface area contributed by atoms with Crippen molar-refractivity contribution in [1.82, 2.24) is 0 Å². The van der Waals surface area contributed by atoms with Crippen LogP contribution < -0.4 is 0 Å². The molecule has 0 radical (unpaired) electrons. The Morgan fingerprint density at radius 2 is 1.00 bits per heavy atom. The molecular formula is C9H21AsO3. The Kier molecular flexibility index (Phi) is 10.9. The van der Waals surface area contributed by atoms with Crippen molar-refractivity contribution in [3.05, 3.63) is 0 Å². The Balaban J connectivity index is 3.47. The summed E-state index contributed by atoms with van der Waals surface area (Å²) in [5.74, 6) is 0. The molecule has 0 rings (SSSR count). The molecule has 0 aromatic rings. The predicted octanol–water partition coefficient (Wildman–Crippen LogP) is 2.25. The third kappa shape index (κ3) is 8.76. The molecule has 0 atom stereocenters. The molecule has 0 spiro atoms. The third-order valence-corrected chi connectivity index (χ3v) is 3.68. The zero-order valence-electron chi connectivity index (χ0n) is 8.91. The Hall–Kier alpha value is 0.438. The fourth-order valence-corrected chi connectivity index (χ4v) is 3.17. The van der Waals surface area contributed by atoms with Crippen molar-refractivity contribution in [2.75, 3.05) is 19.8 Å². The van der Waals surface area contributed by atoms with Gasteiger partial charge in [-0.25, -0.2) is 0 Å². The maximum absolute atomic E-state index is 5.50. The van der Waals surface area contributed by atoms with Crippen molar-refractivity contribution in [2.45, 2.75) is 40.0 Å². The zero-order valence-corrected chi connectivity index (χ0v) is 10.8. The van der Waals surface area contributed by atoms with Crippen LogP contribution in [0.15, 0.2) is 0 Å². The molecular weight excluding hydrogens is 231 g/mol. The van der Waals surface area contributed by atoms with E-state index in [-0.39, 0.29) is 0 Å². The quantitative estimate of drug-likeness (QED) is 0.589. The molecule has 0 aliphatic rings. The van der Waals surface area contributed by atoms with Gasteiger partial charge in [-0.05, 0) is 0 Å². The van der Waals surface area contributed by atoms with E-state index in [1.54, 1.807) is 0 Å². The van der Waals surface area contributed by atoms with Gasteiger partial charge in [0.15, 0.2) is 0 Å². The molecule has 13 heavy (non-hydrogen) atoms. The summed E-state index contributed by atoms with van der Waals surface area (Å²) in [6.45, 7) is 8.54. The van der Waals surface area contributed by atoms with Gasteiger partial charge in [-0.1, -0.05) is 0 Å². The van der Waals surface area contributed by atoms with Crippen LogP contribution in [0.2, 0.25) is 0 Å². The molecule has 0 saturated heterocycles. The molecule has 0 unspecified atom stereocenters. The summed E-state index contributed by atoms with van der Waals surface area (Å²) >= 11 is -1.85. The molecule has 0 aromatic heterocycles. The number of hydrogen-bond acceptors (Lipinski definition) is 3. The minimum absolute atomic E-state index is 0.757. The van der Waals surface area contributed by atoms with Gasteiger partial charge < -0.3 is 0 Å². The Morgan fingerprint density at radius 1 is 0.692 bits per heavy atom. The van der Waals surface area contributed by atoms with Crippen LogP contribution in [-0.4, -0.2) is 35.5 Å². The molecule has 0 amide bonds. The summed E-state index contributed by atoms with van der Waals surface area (Å²) in [4.78, 5) is 0. The molecule has 4 heteroatoms. The average Bonchev–Trinajstić information content (AvgIpc) is 2.17. The monoisotopic (exact) mass is 252 g/mol. The van der Waals surface area contributed by atoms with Crippen LogP contribution in [0.4, 0.5) is 0 Å². The van der Waals surface area contributed by atoms with Crippen molar-refractivity contribution in [3.63, 3.8) is 0 Å². The molecule has 0 bridgehead atoms. The minimum atomic E-state index is -1.85. The van der Waals surface area contributed by atoms with Gasteiger partial charge >= 0.3 is 86.7 Å². The molecule has 0 saturated carbocycles. The SMILES string of the molecule is CCCO[As](OCCC)OCCC. The first-order valence-electron chi connectivity index (χ1n) is 5.04. The Bertz CT molecular complexity index is 81.8. The van der Waals surface area contributed by atoms with E-state index < -0.39 is 15.7 Å². The second-order valence-corrected chi connectivity index (χ2v) is 5.29. The topological polar surface area (TPSA) is 27.7 Å². The van der Waals surface area contributed by atoms with Crippen molar-refractivity contribution in [1.29, 1.82) is 0 Å². The van der Waals surface area contributed by atoms with Gasteiger partial charge in [0, 0.05) is 0 Å². The second kappa shape index (κ2) is 10.5. The van der Waals surface area contributed by atoms with Crippen molar-refractivity contribution in [2.24, 2.45) is 0 Å². The average molecular weight is 252 g/mol. The fraction of sp³-hybridized carbons (Fsp3) is 1.00. The maximum atomic E-state index is 5.50. The van der Waals surface area contributed by atoms with E-state index in [0.29, 0.717) is 0 Å². The molecule has 0 heterocycles. The number of hydrogen-bond donors (Lipinski definition) is 0. The normalized spacial score (nSPS) is 11.1. The number of rotatable bonds is 9. The van der Waals surface area contributed by atoms with Gasteiger partial charge in [0.25, 0.3) is 0 Å². The zero-order chi connectivity index (χ0) is 9.94. The first-order chi connectivity index (χ1) is 6.35. The van der Waals surface area contributed by atoms with E-state index in [1.807, 2.05) is 0 Å². The molecule has 80 valence electrons. The van der Waals surface area contributed by atoms with E-state index in [1.165, 1.54) is 0 Å². The van der Waals surface area contributed by atoms with Gasteiger partial charge in [-0.15, -0.1) is 0 Å². The van der Waals surface area contributed by atoms with E-state index >= 15 is 0 Å². The van der Waals surface area contributed by atoms with Crippen LogP contribution >= 0.6 is 0 Å². The second-order valence-electron chi connectivity index (χ2n) is 2.72. The van der Waals surface area contributed by atoms with Crippen LogP contribution in [0, 0.1) is 0 Å². The van der Waals surface area contributed by atoms with E-state index in [9.17, 15) is 0 Å². The van der Waals surface area contributed by atoms with Crippen LogP contribution in [0.5, 0.6) is 0 Å². The molecule has 0 aliphatic heterocycles. The van der Waals surface area contributed by atoms with E-state index in [2.05, 4.69) is 20.8 Å². The first kappa shape index (κ1) is 13.4. The summed E-state index contributed by atoms with van der Waals surface area (Å²) < 4.78 is 16.5. The van der Waals surface area contributed by atoms with Crippen molar-refractivity contribution >= 4 is 15.7 Å². The van der Waals surface area contributed by atoms with Gasteiger partial charge in [-0.2, -0.15) is 0 Å². The van der Waals surface area contributed by atoms with Crippen LogP contribution in [0.25, 0.3) is 0 Å².